The van der Waals surface area contributed by atoms with E-state index in [0.717, 1.165) is 10.6 Å². The summed E-state index contributed by atoms with van der Waals surface area (Å²) in [5, 5.41) is 3.37. The van der Waals surface area contributed by atoms with Crippen molar-refractivity contribution in [3.05, 3.63) is 51.0 Å². The van der Waals surface area contributed by atoms with E-state index in [4.69, 9.17) is 25.2 Å². The van der Waals surface area contributed by atoms with Crippen LogP contribution in [0.25, 0.3) is 15.8 Å². The molecule has 0 bridgehead atoms. The van der Waals surface area contributed by atoms with Crippen molar-refractivity contribution in [3.8, 4) is 5.75 Å². The second-order valence-corrected chi connectivity index (χ2v) is 8.69. The Morgan fingerprint density at radius 3 is 2.70 bits per heavy atom. The molecule has 0 radical (unpaired) electrons. The van der Waals surface area contributed by atoms with E-state index in [2.05, 4.69) is 15.1 Å². The molecule has 0 spiro atoms. The van der Waals surface area contributed by atoms with Gasteiger partial charge in [0.25, 0.3) is 5.91 Å². The lowest BCUT2D eigenvalue weighted by atomic mass is 9.89. The lowest BCUT2D eigenvalue weighted by Crippen LogP contribution is -2.58. The zero-order chi connectivity index (χ0) is 23.6. The van der Waals surface area contributed by atoms with Crippen LogP contribution in [-0.2, 0) is 20.9 Å². The van der Waals surface area contributed by atoms with Gasteiger partial charge in [-0.25, -0.2) is 14.6 Å². The predicted molar refractivity (Wildman–Crippen MR) is 121 cm³/mol. The molecule has 1 saturated heterocycles. The average Bonchev–Trinajstić information content (AvgIpc) is 3.37. The Labute approximate surface area is 194 Å². The number of nitrogens with one attached hydrogen (secondary N) is 1. The molecule has 1 aliphatic heterocycles. The Morgan fingerprint density at radius 2 is 2.06 bits per heavy atom. The summed E-state index contributed by atoms with van der Waals surface area (Å²) in [6, 6.07) is 3.20. The minimum absolute atomic E-state index is 0.258. The third kappa shape index (κ3) is 4.29. The maximum Gasteiger partial charge on any atom is 0.331 e. The third-order valence-electron chi connectivity index (χ3n) is 5.77. The molecular weight excluding hydrogens is 446 g/mol. The van der Waals surface area contributed by atoms with Gasteiger partial charge in [0.1, 0.15) is 29.2 Å². The van der Waals surface area contributed by atoms with Gasteiger partial charge in [-0.15, -0.1) is 11.3 Å². The van der Waals surface area contributed by atoms with E-state index in [0.29, 0.717) is 48.5 Å². The Morgan fingerprint density at radius 1 is 1.30 bits per heavy atom. The Balaban J connectivity index is 1.69. The van der Waals surface area contributed by atoms with Gasteiger partial charge in [0.2, 0.25) is 5.69 Å². The summed E-state index contributed by atoms with van der Waals surface area (Å²) in [5.41, 5.74) is 2.40. The number of carbonyl (C=O) groups excluding carboxylic acids is 2. The monoisotopic (exact) mass is 469 g/mol. The van der Waals surface area contributed by atoms with Gasteiger partial charge in [0.15, 0.2) is 0 Å². The standard InChI is InChI=1S/C23H23N3O6S/c1-13-19(33-12-25-13)11-31-18-9-15-17(10-16(18)24-3)32-14(2)20(15)21(27)26-23(22(28)29-4)5-7-30-8-6-23/h9-10,12H,5-8,11H2,1-2,4H3,(H,26,27). The molecule has 1 N–H and O–H groups in total. The van der Waals surface area contributed by atoms with Crippen molar-refractivity contribution in [2.24, 2.45) is 0 Å². The number of methoxy groups -OCH3 is 1. The van der Waals surface area contributed by atoms with Crippen molar-refractivity contribution in [1.82, 2.24) is 10.3 Å². The average molecular weight is 470 g/mol. The first kappa shape index (κ1) is 22.8. The Bertz CT molecular complexity index is 1250. The number of aryl methyl sites for hydroxylation is 2. The highest BCUT2D eigenvalue weighted by molar-refractivity contribution is 7.09. The van der Waals surface area contributed by atoms with Crippen LogP contribution in [0.4, 0.5) is 5.69 Å². The van der Waals surface area contributed by atoms with Crippen LogP contribution >= 0.6 is 11.3 Å². The molecule has 2 aromatic heterocycles. The van der Waals surface area contributed by atoms with E-state index in [-0.39, 0.29) is 17.9 Å². The molecule has 4 rings (SSSR count). The Hall–Kier alpha value is -3.42. The molecule has 3 aromatic rings. The summed E-state index contributed by atoms with van der Waals surface area (Å²) < 4.78 is 22.0. The number of hydrogen-bond donors (Lipinski definition) is 1. The quantitative estimate of drug-likeness (QED) is 0.428. The highest BCUT2D eigenvalue weighted by atomic mass is 32.1. The molecule has 0 atom stereocenters. The minimum atomic E-state index is -1.17. The number of ether oxygens (including phenoxy) is 3. The number of esters is 1. The van der Waals surface area contributed by atoms with E-state index in [9.17, 15) is 9.59 Å². The first-order chi connectivity index (χ1) is 15.9. The van der Waals surface area contributed by atoms with Gasteiger partial charge in [-0.3, -0.25) is 4.79 Å². The van der Waals surface area contributed by atoms with Crippen LogP contribution in [0.15, 0.2) is 22.1 Å². The number of hydrogen-bond acceptors (Lipinski definition) is 8. The lowest BCUT2D eigenvalue weighted by Gasteiger charge is -2.35. The fourth-order valence-electron chi connectivity index (χ4n) is 3.90. The summed E-state index contributed by atoms with van der Waals surface area (Å²) in [4.78, 5) is 34.6. The van der Waals surface area contributed by atoms with Crippen molar-refractivity contribution in [2.75, 3.05) is 20.3 Å². The van der Waals surface area contributed by atoms with Crippen molar-refractivity contribution < 1.29 is 28.2 Å². The number of furan rings is 1. The second-order valence-electron chi connectivity index (χ2n) is 7.75. The van der Waals surface area contributed by atoms with Crippen molar-refractivity contribution >= 4 is 39.9 Å². The van der Waals surface area contributed by atoms with E-state index < -0.39 is 17.4 Å². The van der Waals surface area contributed by atoms with Gasteiger partial charge in [-0.1, -0.05) is 0 Å². The zero-order valence-corrected chi connectivity index (χ0v) is 19.3. The van der Waals surface area contributed by atoms with E-state index in [1.165, 1.54) is 18.4 Å². The highest BCUT2D eigenvalue weighted by Crippen LogP contribution is 2.38. The van der Waals surface area contributed by atoms with Crippen LogP contribution in [0, 0.1) is 20.4 Å². The summed E-state index contributed by atoms with van der Waals surface area (Å²) in [6.45, 7) is 12.0. The number of rotatable bonds is 6. The summed E-state index contributed by atoms with van der Waals surface area (Å²) in [7, 11) is 1.30. The number of amides is 1. The highest BCUT2D eigenvalue weighted by Gasteiger charge is 2.43. The van der Waals surface area contributed by atoms with E-state index in [1.807, 2.05) is 6.92 Å². The molecule has 9 nitrogen and oxygen atoms in total. The van der Waals surface area contributed by atoms with Gasteiger partial charge in [-0.05, 0) is 26.0 Å². The molecule has 0 saturated carbocycles. The first-order valence-corrected chi connectivity index (χ1v) is 11.2. The lowest BCUT2D eigenvalue weighted by molar-refractivity contribution is -0.152. The normalized spacial score (nSPS) is 15.1. The van der Waals surface area contributed by atoms with Gasteiger partial charge in [0, 0.05) is 31.4 Å². The third-order valence-corrected chi connectivity index (χ3v) is 6.68. The smallest absolute Gasteiger partial charge is 0.331 e. The van der Waals surface area contributed by atoms with Crippen LogP contribution in [0.2, 0.25) is 0 Å². The maximum absolute atomic E-state index is 13.4. The summed E-state index contributed by atoms with van der Waals surface area (Å²) in [5.74, 6) is -0.253. The predicted octanol–water partition coefficient (Wildman–Crippen LogP) is 4.09. The first-order valence-electron chi connectivity index (χ1n) is 10.3. The minimum Gasteiger partial charge on any atom is -0.499 e. The topological polar surface area (TPSA) is 104 Å². The van der Waals surface area contributed by atoms with Gasteiger partial charge >= 0.3 is 5.97 Å². The maximum atomic E-state index is 13.4. The summed E-state index contributed by atoms with van der Waals surface area (Å²) >= 11 is 1.47. The number of nitrogens with zero attached hydrogens (tertiary/aromatic N) is 2. The number of aromatic nitrogens is 1. The van der Waals surface area contributed by atoms with E-state index >= 15 is 0 Å². The van der Waals surface area contributed by atoms with Gasteiger partial charge in [-0.2, -0.15) is 0 Å². The van der Waals surface area contributed by atoms with Gasteiger partial charge < -0.3 is 23.9 Å². The largest absolute Gasteiger partial charge is 0.499 e. The molecule has 1 amide bonds. The number of fused-ring (bicyclic) bond motifs is 1. The SMILES string of the molecule is [C-]#[N+]c1cc2oc(C)c(C(=O)NC3(C(=O)OC)CCOCC3)c2cc1OCc1scnc1C. The number of benzene rings is 1. The van der Waals surface area contributed by atoms with Gasteiger partial charge in [0.05, 0.1) is 35.3 Å². The molecule has 172 valence electrons. The summed E-state index contributed by atoms with van der Waals surface area (Å²) in [6.07, 6.45) is 0.620. The van der Waals surface area contributed by atoms with Crippen LogP contribution in [0.5, 0.6) is 5.75 Å². The Kier molecular flexibility index (Phi) is 6.35. The molecule has 3 heterocycles. The molecular formula is C23H23N3O6S. The fourth-order valence-corrected chi connectivity index (χ4v) is 4.59. The van der Waals surface area contributed by atoms with Crippen molar-refractivity contribution in [3.63, 3.8) is 0 Å². The van der Waals surface area contributed by atoms with Crippen molar-refractivity contribution in [1.29, 1.82) is 0 Å². The second kappa shape index (κ2) is 9.21. The molecule has 1 fully saturated rings. The van der Waals surface area contributed by atoms with E-state index in [1.54, 1.807) is 24.6 Å². The van der Waals surface area contributed by atoms with Crippen LogP contribution in [0.1, 0.15) is 39.5 Å². The molecule has 10 heteroatoms. The molecule has 1 aliphatic rings. The van der Waals surface area contributed by atoms with Crippen LogP contribution in [0.3, 0.4) is 0 Å². The number of thiazole rings is 1. The molecule has 0 unspecified atom stereocenters. The zero-order valence-electron chi connectivity index (χ0n) is 18.5. The van der Waals surface area contributed by atoms with Crippen molar-refractivity contribution in [2.45, 2.75) is 38.8 Å². The number of carbonyl (C=O) groups is 2. The fraction of sp³-hybridized carbons (Fsp3) is 0.391. The van der Waals surface area contributed by atoms with Crippen LogP contribution in [-0.4, -0.2) is 42.7 Å². The molecule has 1 aromatic carbocycles. The molecule has 0 aliphatic carbocycles. The van der Waals surface area contributed by atoms with Crippen LogP contribution < -0.4 is 10.1 Å². The molecule has 33 heavy (non-hydrogen) atoms.